The maximum absolute atomic E-state index is 12.3. The molecule has 0 radical (unpaired) electrons. The molecule has 1 N–H and O–H groups in total. The molecular weight excluding hydrogens is 367 g/mol. The molecule has 1 amide bonds. The normalized spacial score (nSPS) is 23.7. The predicted octanol–water partition coefficient (Wildman–Crippen LogP) is 5.02. The number of nitrogens with zero attached hydrogens (tertiary/aromatic N) is 1. The molecule has 134 valence electrons. The number of halogens is 2. The molecular formula is C21H20Cl2N2O. The highest BCUT2D eigenvalue weighted by Gasteiger charge is 2.57. The lowest BCUT2D eigenvalue weighted by atomic mass is 9.74. The summed E-state index contributed by atoms with van der Waals surface area (Å²) < 4.78 is 0. The van der Waals surface area contributed by atoms with E-state index in [9.17, 15) is 4.79 Å². The van der Waals surface area contributed by atoms with Crippen LogP contribution in [-0.2, 0) is 10.2 Å². The molecule has 0 bridgehead atoms. The van der Waals surface area contributed by atoms with E-state index < -0.39 is 5.66 Å². The van der Waals surface area contributed by atoms with Crippen LogP contribution in [0.2, 0.25) is 10.0 Å². The van der Waals surface area contributed by atoms with Crippen molar-refractivity contribution in [2.45, 2.75) is 31.3 Å². The van der Waals surface area contributed by atoms with Gasteiger partial charge in [0.1, 0.15) is 5.66 Å². The van der Waals surface area contributed by atoms with Crippen LogP contribution in [0.5, 0.6) is 0 Å². The van der Waals surface area contributed by atoms with E-state index in [-0.39, 0.29) is 11.3 Å². The Labute approximate surface area is 163 Å². The molecule has 5 heteroatoms. The second-order valence-electron chi connectivity index (χ2n) is 7.37. The number of hydrogen-bond acceptors (Lipinski definition) is 2. The molecule has 2 aliphatic heterocycles. The van der Waals surface area contributed by atoms with E-state index >= 15 is 0 Å². The van der Waals surface area contributed by atoms with Crippen molar-refractivity contribution in [3.63, 3.8) is 0 Å². The molecule has 1 saturated heterocycles. The van der Waals surface area contributed by atoms with Gasteiger partial charge in [0.2, 0.25) is 5.91 Å². The fourth-order valence-corrected chi connectivity index (χ4v) is 4.46. The van der Waals surface area contributed by atoms with Gasteiger partial charge < -0.3 is 10.2 Å². The van der Waals surface area contributed by atoms with Gasteiger partial charge in [-0.3, -0.25) is 4.79 Å². The number of fused-ring (bicyclic) bond motifs is 3. The van der Waals surface area contributed by atoms with E-state index in [1.165, 1.54) is 11.3 Å². The highest BCUT2D eigenvalue weighted by atomic mass is 35.5. The van der Waals surface area contributed by atoms with Crippen molar-refractivity contribution in [1.29, 1.82) is 0 Å². The zero-order valence-electron chi connectivity index (χ0n) is 14.7. The minimum Gasteiger partial charge on any atom is -0.344 e. The van der Waals surface area contributed by atoms with Gasteiger partial charge in [0.05, 0.1) is 10.0 Å². The first-order valence-electron chi connectivity index (χ1n) is 8.68. The van der Waals surface area contributed by atoms with Gasteiger partial charge in [-0.2, -0.15) is 0 Å². The number of amides is 1. The van der Waals surface area contributed by atoms with Gasteiger partial charge in [0.15, 0.2) is 0 Å². The number of benzene rings is 2. The molecule has 1 fully saturated rings. The van der Waals surface area contributed by atoms with E-state index in [2.05, 4.69) is 48.3 Å². The summed E-state index contributed by atoms with van der Waals surface area (Å²) in [6.07, 6.45) is 4.59. The SMILES string of the molecule is CC1(C)c2ccccc2N2CCC(=O)N[C@]21/C=C/c1ccc(Cl)c(Cl)c1. The molecule has 0 unspecified atom stereocenters. The third kappa shape index (κ3) is 2.45. The van der Waals surface area contributed by atoms with Gasteiger partial charge >= 0.3 is 0 Å². The van der Waals surface area contributed by atoms with Crippen molar-refractivity contribution in [2.75, 3.05) is 11.4 Å². The average Bonchev–Trinajstić information content (AvgIpc) is 2.81. The molecule has 4 rings (SSSR count). The zero-order chi connectivity index (χ0) is 18.5. The van der Waals surface area contributed by atoms with Crippen molar-refractivity contribution in [3.8, 4) is 0 Å². The van der Waals surface area contributed by atoms with Gasteiger partial charge in [-0.1, -0.05) is 67.4 Å². The maximum atomic E-state index is 12.3. The summed E-state index contributed by atoms with van der Waals surface area (Å²) in [6.45, 7) is 5.05. The Hall–Kier alpha value is -1.97. The first-order chi connectivity index (χ1) is 12.3. The molecule has 2 heterocycles. The van der Waals surface area contributed by atoms with Crippen molar-refractivity contribution in [2.24, 2.45) is 0 Å². The third-order valence-corrected chi connectivity index (χ3v) is 6.34. The van der Waals surface area contributed by atoms with Crippen LogP contribution in [0.1, 0.15) is 31.4 Å². The first-order valence-corrected chi connectivity index (χ1v) is 9.43. The molecule has 0 aromatic heterocycles. The Morgan fingerprint density at radius 2 is 1.88 bits per heavy atom. The lowest BCUT2D eigenvalue weighted by Gasteiger charge is -2.49. The largest absolute Gasteiger partial charge is 0.344 e. The highest BCUT2D eigenvalue weighted by molar-refractivity contribution is 6.42. The van der Waals surface area contributed by atoms with Crippen molar-refractivity contribution >= 4 is 40.9 Å². The summed E-state index contributed by atoms with van der Waals surface area (Å²) in [5.41, 5.74) is 2.46. The molecule has 0 spiro atoms. The number of carbonyl (C=O) groups excluding carboxylic acids is 1. The summed E-state index contributed by atoms with van der Waals surface area (Å²) >= 11 is 12.2. The van der Waals surface area contributed by atoms with E-state index in [4.69, 9.17) is 23.2 Å². The maximum Gasteiger partial charge on any atom is 0.223 e. The number of carbonyl (C=O) groups is 1. The van der Waals surface area contributed by atoms with Gasteiger partial charge in [-0.15, -0.1) is 0 Å². The van der Waals surface area contributed by atoms with Crippen LogP contribution in [0.15, 0.2) is 48.5 Å². The molecule has 1 atom stereocenters. The zero-order valence-corrected chi connectivity index (χ0v) is 16.2. The Bertz CT molecular complexity index is 922. The standard InChI is InChI=1S/C21H20Cl2N2O/c1-20(2)15-5-3-4-6-18(15)25-12-10-19(26)24-21(20,25)11-9-14-7-8-16(22)17(23)13-14/h3-9,11,13H,10,12H2,1-2H3,(H,24,26)/b11-9+/t21-/m1/s1. The topological polar surface area (TPSA) is 32.3 Å². The van der Waals surface area contributed by atoms with Gasteiger partial charge in [0.25, 0.3) is 0 Å². The van der Waals surface area contributed by atoms with Crippen LogP contribution < -0.4 is 10.2 Å². The summed E-state index contributed by atoms with van der Waals surface area (Å²) in [4.78, 5) is 14.7. The molecule has 26 heavy (non-hydrogen) atoms. The number of hydrogen-bond donors (Lipinski definition) is 1. The second-order valence-corrected chi connectivity index (χ2v) is 8.18. The lowest BCUT2D eigenvalue weighted by molar-refractivity contribution is -0.124. The van der Waals surface area contributed by atoms with E-state index in [1.807, 2.05) is 24.3 Å². The van der Waals surface area contributed by atoms with Crippen LogP contribution >= 0.6 is 23.2 Å². The predicted molar refractivity (Wildman–Crippen MR) is 108 cm³/mol. The summed E-state index contributed by atoms with van der Waals surface area (Å²) in [7, 11) is 0. The smallest absolute Gasteiger partial charge is 0.223 e. The number of para-hydroxylation sites is 1. The quantitative estimate of drug-likeness (QED) is 0.785. The van der Waals surface area contributed by atoms with Gasteiger partial charge in [-0.25, -0.2) is 0 Å². The van der Waals surface area contributed by atoms with Crippen LogP contribution in [0, 0.1) is 0 Å². The van der Waals surface area contributed by atoms with Crippen molar-refractivity contribution in [3.05, 3.63) is 69.7 Å². The van der Waals surface area contributed by atoms with Crippen LogP contribution in [0.25, 0.3) is 6.08 Å². The minimum atomic E-state index is -0.613. The molecule has 2 aliphatic rings. The second kappa shape index (κ2) is 6.04. The highest BCUT2D eigenvalue weighted by Crippen LogP contribution is 2.52. The van der Waals surface area contributed by atoms with Crippen LogP contribution in [-0.4, -0.2) is 18.1 Å². The monoisotopic (exact) mass is 386 g/mol. The third-order valence-electron chi connectivity index (χ3n) is 5.60. The molecule has 0 aliphatic carbocycles. The molecule has 2 aromatic rings. The van der Waals surface area contributed by atoms with Gasteiger partial charge in [-0.05, 0) is 35.4 Å². The summed E-state index contributed by atoms with van der Waals surface area (Å²) in [5, 5.41) is 4.32. The lowest BCUT2D eigenvalue weighted by Crippen LogP contribution is -2.68. The van der Waals surface area contributed by atoms with E-state index in [1.54, 1.807) is 6.07 Å². The minimum absolute atomic E-state index is 0.0703. The Morgan fingerprint density at radius 3 is 2.65 bits per heavy atom. The fraction of sp³-hybridized carbons (Fsp3) is 0.286. The van der Waals surface area contributed by atoms with E-state index in [0.29, 0.717) is 23.0 Å². The van der Waals surface area contributed by atoms with Crippen LogP contribution in [0.4, 0.5) is 5.69 Å². The number of nitrogens with one attached hydrogen (secondary N) is 1. The van der Waals surface area contributed by atoms with Crippen LogP contribution in [0.3, 0.4) is 0 Å². The first kappa shape index (κ1) is 17.4. The number of anilines is 1. The van der Waals surface area contributed by atoms with E-state index in [0.717, 1.165) is 5.56 Å². The van der Waals surface area contributed by atoms with Gasteiger partial charge in [0, 0.05) is 24.1 Å². The number of rotatable bonds is 2. The fourth-order valence-electron chi connectivity index (χ4n) is 4.15. The summed E-state index contributed by atoms with van der Waals surface area (Å²) in [6, 6.07) is 13.9. The van der Waals surface area contributed by atoms with Crippen molar-refractivity contribution in [1.82, 2.24) is 5.32 Å². The molecule has 0 saturated carbocycles. The Morgan fingerprint density at radius 1 is 1.12 bits per heavy atom. The molecule has 3 nitrogen and oxygen atoms in total. The molecule has 2 aromatic carbocycles. The summed E-state index contributed by atoms with van der Waals surface area (Å²) in [5.74, 6) is 0.0703. The Kier molecular flexibility index (Phi) is 4.05. The van der Waals surface area contributed by atoms with Crippen molar-refractivity contribution < 1.29 is 4.79 Å². The Balaban J connectivity index is 1.83. The average molecular weight is 387 g/mol.